The number of hydrogen-bond acceptors (Lipinski definition) is 5. The molecule has 0 amide bonds. The molecule has 3 rings (SSSR count). The Morgan fingerprint density at radius 2 is 1.63 bits per heavy atom. The summed E-state index contributed by atoms with van der Waals surface area (Å²) in [5.74, 6) is 6.23. The van der Waals surface area contributed by atoms with Crippen molar-refractivity contribution in [3.05, 3.63) is 77.9 Å². The van der Waals surface area contributed by atoms with Gasteiger partial charge in [-0.15, -0.1) is 0 Å². The van der Waals surface area contributed by atoms with Crippen LogP contribution in [0.15, 0.2) is 60.9 Å². The molecular formula is C18H14F6N6. The van der Waals surface area contributed by atoms with Crippen molar-refractivity contribution >= 4 is 11.5 Å². The van der Waals surface area contributed by atoms with Gasteiger partial charge >= 0.3 is 12.4 Å². The summed E-state index contributed by atoms with van der Waals surface area (Å²) >= 11 is 0. The molecule has 4 N–H and O–H groups in total. The number of hydrazine groups is 1. The van der Waals surface area contributed by atoms with Crippen LogP contribution >= 0.6 is 0 Å². The topological polar surface area (TPSA) is 86.0 Å². The van der Waals surface area contributed by atoms with Crippen LogP contribution in [-0.2, 0) is 12.4 Å². The Bertz CT molecular complexity index is 1040. The minimum Gasteiger partial charge on any atom is -0.397 e. The molecule has 0 spiro atoms. The van der Waals surface area contributed by atoms with Gasteiger partial charge in [-0.3, -0.25) is 5.01 Å². The Labute approximate surface area is 166 Å². The Kier molecular flexibility index (Phi) is 5.44. The van der Waals surface area contributed by atoms with Crippen LogP contribution in [0.5, 0.6) is 0 Å². The molecule has 0 aliphatic carbocycles. The number of halogens is 6. The van der Waals surface area contributed by atoms with Gasteiger partial charge in [-0.1, -0.05) is 18.2 Å². The van der Waals surface area contributed by atoms with Crippen LogP contribution in [0.1, 0.15) is 17.0 Å². The van der Waals surface area contributed by atoms with E-state index < -0.39 is 23.7 Å². The Hall–Kier alpha value is -3.54. The Morgan fingerprint density at radius 1 is 0.967 bits per heavy atom. The van der Waals surface area contributed by atoms with Gasteiger partial charge in [-0.2, -0.15) is 31.4 Å². The van der Waals surface area contributed by atoms with Crippen LogP contribution in [0.4, 0.5) is 32.2 Å². The van der Waals surface area contributed by atoms with Gasteiger partial charge in [-0.05, 0) is 29.8 Å². The quantitative estimate of drug-likeness (QED) is 0.374. The van der Waals surface area contributed by atoms with E-state index in [0.717, 1.165) is 5.01 Å². The van der Waals surface area contributed by atoms with Crippen molar-refractivity contribution in [1.29, 1.82) is 0 Å². The van der Waals surface area contributed by atoms with Gasteiger partial charge in [0.05, 0.1) is 11.4 Å². The van der Waals surface area contributed by atoms with Crippen LogP contribution in [0, 0.1) is 0 Å². The number of aromatic nitrogens is 3. The first kappa shape index (κ1) is 21.2. The van der Waals surface area contributed by atoms with Gasteiger partial charge in [0.1, 0.15) is 11.5 Å². The van der Waals surface area contributed by atoms with Gasteiger partial charge in [0, 0.05) is 18.5 Å². The molecule has 3 aromatic rings. The molecule has 0 aliphatic heterocycles. The van der Waals surface area contributed by atoms with Crippen LogP contribution < -0.4 is 16.6 Å². The lowest BCUT2D eigenvalue weighted by Gasteiger charge is -2.14. The molecule has 2 aromatic heterocycles. The molecule has 30 heavy (non-hydrogen) atoms. The minimum absolute atomic E-state index is 0.0403. The van der Waals surface area contributed by atoms with E-state index in [1.54, 1.807) is 18.2 Å². The second-order valence-electron chi connectivity index (χ2n) is 6.05. The summed E-state index contributed by atoms with van der Waals surface area (Å²) < 4.78 is 78.2. The second kappa shape index (κ2) is 7.71. The van der Waals surface area contributed by atoms with Gasteiger partial charge in [0.25, 0.3) is 0 Å². The number of pyridine rings is 1. The van der Waals surface area contributed by atoms with Gasteiger partial charge in [0.2, 0.25) is 0 Å². The van der Waals surface area contributed by atoms with E-state index in [-0.39, 0.29) is 22.1 Å². The van der Waals surface area contributed by atoms with Crippen molar-refractivity contribution in [2.24, 2.45) is 11.6 Å². The summed E-state index contributed by atoms with van der Waals surface area (Å²) in [5.41, 5.74) is 3.06. The molecule has 0 unspecified atom stereocenters. The summed E-state index contributed by atoms with van der Waals surface area (Å²) in [6.45, 7) is 0. The maximum Gasteiger partial charge on any atom is 0.435 e. The zero-order valence-corrected chi connectivity index (χ0v) is 15.0. The second-order valence-corrected chi connectivity index (χ2v) is 6.05. The van der Waals surface area contributed by atoms with Crippen LogP contribution in [0.25, 0.3) is 11.4 Å². The summed E-state index contributed by atoms with van der Waals surface area (Å²) in [4.78, 5) is 4.02. The monoisotopic (exact) mass is 428 g/mol. The average Bonchev–Trinajstić information content (AvgIpc) is 3.15. The summed E-state index contributed by atoms with van der Waals surface area (Å²) in [6.07, 6.45) is -7.19. The zero-order chi connectivity index (χ0) is 22.1. The van der Waals surface area contributed by atoms with Crippen LogP contribution in [-0.4, -0.2) is 14.8 Å². The van der Waals surface area contributed by atoms with Crippen molar-refractivity contribution in [1.82, 2.24) is 14.8 Å². The van der Waals surface area contributed by atoms with Gasteiger partial charge < -0.3 is 5.73 Å². The molecule has 6 nitrogen and oxygen atoms in total. The SMILES string of the molecule is N/C(=C\N(N)c1ccccn1)c1ccc(-n2nc(C(F)(F)F)cc2C(F)(F)F)cc1. The fraction of sp³-hybridized carbons (Fsp3) is 0.111. The molecule has 0 saturated carbocycles. The number of nitrogens with two attached hydrogens (primary N) is 2. The normalized spacial score (nSPS) is 12.8. The molecule has 2 heterocycles. The van der Waals surface area contributed by atoms with Crippen molar-refractivity contribution in [3.8, 4) is 5.69 Å². The van der Waals surface area contributed by atoms with E-state index in [2.05, 4.69) is 10.1 Å². The number of anilines is 1. The predicted octanol–water partition coefficient (Wildman–Crippen LogP) is 3.94. The largest absolute Gasteiger partial charge is 0.435 e. The highest BCUT2D eigenvalue weighted by molar-refractivity contribution is 5.66. The molecule has 158 valence electrons. The lowest BCUT2D eigenvalue weighted by Crippen LogP contribution is -2.26. The average molecular weight is 428 g/mol. The molecule has 1 aromatic carbocycles. The third kappa shape index (κ3) is 4.54. The van der Waals surface area contributed by atoms with E-state index in [1.165, 1.54) is 36.7 Å². The summed E-state index contributed by atoms with van der Waals surface area (Å²) in [7, 11) is 0. The van der Waals surface area contributed by atoms with Crippen LogP contribution in [0.2, 0.25) is 0 Å². The Balaban J connectivity index is 1.92. The van der Waals surface area contributed by atoms with Crippen molar-refractivity contribution < 1.29 is 26.3 Å². The van der Waals surface area contributed by atoms with Crippen molar-refractivity contribution in [3.63, 3.8) is 0 Å². The fourth-order valence-electron chi connectivity index (χ4n) is 2.51. The van der Waals surface area contributed by atoms with Crippen molar-refractivity contribution in [2.75, 3.05) is 5.01 Å². The third-order valence-corrected chi connectivity index (χ3v) is 3.93. The molecule has 0 radical (unpaired) electrons. The predicted molar refractivity (Wildman–Crippen MR) is 96.6 cm³/mol. The maximum atomic E-state index is 13.2. The van der Waals surface area contributed by atoms with E-state index >= 15 is 0 Å². The van der Waals surface area contributed by atoms with Crippen molar-refractivity contribution in [2.45, 2.75) is 12.4 Å². The third-order valence-electron chi connectivity index (χ3n) is 3.93. The lowest BCUT2D eigenvalue weighted by molar-refractivity contribution is -0.143. The first-order valence-corrected chi connectivity index (χ1v) is 8.24. The van der Waals surface area contributed by atoms with E-state index in [9.17, 15) is 26.3 Å². The number of hydrogen-bond donors (Lipinski definition) is 2. The van der Waals surface area contributed by atoms with Crippen LogP contribution in [0.3, 0.4) is 0 Å². The highest BCUT2D eigenvalue weighted by Crippen LogP contribution is 2.36. The standard InChI is InChI=1S/C18H14F6N6/c19-17(20,21)14-9-15(18(22,23)24)30(28-14)12-6-4-11(5-7-12)13(25)10-29(26)16-3-1-2-8-27-16/h1-10H,25-26H2/b13-10-. The van der Waals surface area contributed by atoms with E-state index in [0.29, 0.717) is 11.4 Å². The molecular weight excluding hydrogens is 414 g/mol. The maximum absolute atomic E-state index is 13.2. The number of alkyl halides is 6. The lowest BCUT2D eigenvalue weighted by atomic mass is 10.1. The molecule has 0 atom stereocenters. The van der Waals surface area contributed by atoms with E-state index in [1.807, 2.05) is 0 Å². The number of rotatable bonds is 4. The number of benzene rings is 1. The highest BCUT2D eigenvalue weighted by atomic mass is 19.4. The molecule has 0 bridgehead atoms. The number of nitrogens with zero attached hydrogens (tertiary/aromatic N) is 4. The molecule has 0 aliphatic rings. The zero-order valence-electron chi connectivity index (χ0n) is 15.0. The smallest absolute Gasteiger partial charge is 0.397 e. The van der Waals surface area contributed by atoms with Gasteiger partial charge in [0.15, 0.2) is 5.69 Å². The first-order chi connectivity index (χ1) is 14.0. The summed E-state index contributed by atoms with van der Waals surface area (Å²) in [5, 5.41) is 4.22. The van der Waals surface area contributed by atoms with E-state index in [4.69, 9.17) is 11.6 Å². The molecule has 0 saturated heterocycles. The minimum atomic E-state index is -5.03. The van der Waals surface area contributed by atoms with Gasteiger partial charge in [-0.25, -0.2) is 15.5 Å². The summed E-state index contributed by atoms with van der Waals surface area (Å²) in [6, 6.07) is 9.99. The first-order valence-electron chi connectivity index (χ1n) is 8.24. The molecule has 12 heteroatoms. The fourth-order valence-corrected chi connectivity index (χ4v) is 2.51. The molecule has 0 fully saturated rings. The Morgan fingerprint density at radius 3 is 2.17 bits per heavy atom. The highest BCUT2D eigenvalue weighted by Gasteiger charge is 2.42.